The number of amides is 1. The molecule has 0 heterocycles. The molecule has 3 aromatic rings. The van der Waals surface area contributed by atoms with Crippen molar-refractivity contribution in [3.8, 4) is 0 Å². The number of aryl methyl sites for hydroxylation is 1. The molecule has 2 N–H and O–H groups in total. The van der Waals surface area contributed by atoms with Crippen LogP contribution in [0.25, 0.3) is 0 Å². The van der Waals surface area contributed by atoms with Crippen LogP contribution in [0.5, 0.6) is 0 Å². The second kappa shape index (κ2) is 9.36. The zero-order valence-electron chi connectivity index (χ0n) is 17.1. The number of thioether (sulfide) groups is 1. The van der Waals surface area contributed by atoms with Gasteiger partial charge in [0, 0.05) is 17.0 Å². The van der Waals surface area contributed by atoms with E-state index < -0.39 is 10.0 Å². The van der Waals surface area contributed by atoms with Gasteiger partial charge < -0.3 is 5.32 Å². The molecule has 0 radical (unpaired) electrons. The number of hydrogen-bond acceptors (Lipinski definition) is 4. The number of carbonyl (C=O) groups is 1. The largest absolute Gasteiger partial charge is 0.348 e. The lowest BCUT2D eigenvalue weighted by Gasteiger charge is -2.12. The highest BCUT2D eigenvalue weighted by molar-refractivity contribution is 7.98. The quantitative estimate of drug-likeness (QED) is 0.520. The SMILES string of the molecule is CSc1ccc(CNC(=O)c2ccc(S(=O)(=O)Nc3cccc(C)c3C)cc2)cc1. The molecule has 0 atom stereocenters. The Labute approximate surface area is 182 Å². The normalized spacial score (nSPS) is 11.2. The second-order valence-electron chi connectivity index (χ2n) is 6.91. The van der Waals surface area contributed by atoms with E-state index in [-0.39, 0.29) is 10.8 Å². The van der Waals surface area contributed by atoms with Gasteiger partial charge in [-0.05, 0) is 79.3 Å². The molecule has 0 unspecified atom stereocenters. The van der Waals surface area contributed by atoms with Gasteiger partial charge in [0.2, 0.25) is 0 Å². The van der Waals surface area contributed by atoms with E-state index in [1.54, 1.807) is 17.8 Å². The Bertz CT molecular complexity index is 1140. The zero-order chi connectivity index (χ0) is 21.7. The van der Waals surface area contributed by atoms with Crippen LogP contribution in [-0.4, -0.2) is 20.6 Å². The second-order valence-corrected chi connectivity index (χ2v) is 9.47. The first-order valence-electron chi connectivity index (χ1n) is 9.40. The van der Waals surface area contributed by atoms with E-state index in [0.717, 1.165) is 21.6 Å². The minimum Gasteiger partial charge on any atom is -0.348 e. The molecule has 0 bridgehead atoms. The molecule has 156 valence electrons. The number of carbonyl (C=O) groups excluding carboxylic acids is 1. The van der Waals surface area contributed by atoms with Crippen LogP contribution >= 0.6 is 11.8 Å². The monoisotopic (exact) mass is 440 g/mol. The van der Waals surface area contributed by atoms with Crippen molar-refractivity contribution in [1.82, 2.24) is 5.32 Å². The number of nitrogens with one attached hydrogen (secondary N) is 2. The van der Waals surface area contributed by atoms with Gasteiger partial charge in [-0.3, -0.25) is 9.52 Å². The molecule has 3 rings (SSSR count). The molecule has 0 aromatic heterocycles. The molecule has 30 heavy (non-hydrogen) atoms. The smallest absolute Gasteiger partial charge is 0.261 e. The molecule has 0 aliphatic heterocycles. The van der Waals surface area contributed by atoms with Crippen LogP contribution in [0.4, 0.5) is 5.69 Å². The van der Waals surface area contributed by atoms with Crippen molar-refractivity contribution in [3.63, 3.8) is 0 Å². The summed E-state index contributed by atoms with van der Waals surface area (Å²) in [6.07, 6.45) is 2.01. The highest BCUT2D eigenvalue weighted by atomic mass is 32.2. The van der Waals surface area contributed by atoms with Crippen LogP contribution in [0.2, 0.25) is 0 Å². The van der Waals surface area contributed by atoms with Crippen LogP contribution in [0.15, 0.2) is 76.5 Å². The molecule has 0 aliphatic carbocycles. The topological polar surface area (TPSA) is 75.3 Å². The summed E-state index contributed by atoms with van der Waals surface area (Å²) in [5.41, 5.74) is 3.83. The first-order valence-corrected chi connectivity index (χ1v) is 12.1. The van der Waals surface area contributed by atoms with Gasteiger partial charge in [0.1, 0.15) is 0 Å². The maximum atomic E-state index is 12.7. The van der Waals surface area contributed by atoms with E-state index in [2.05, 4.69) is 10.0 Å². The molecule has 7 heteroatoms. The summed E-state index contributed by atoms with van der Waals surface area (Å²) in [5.74, 6) is -0.254. The number of sulfonamides is 1. The third-order valence-electron chi connectivity index (χ3n) is 4.89. The maximum Gasteiger partial charge on any atom is 0.261 e. The summed E-state index contributed by atoms with van der Waals surface area (Å²) in [6, 6.07) is 19.3. The molecular formula is C23H24N2O3S2. The van der Waals surface area contributed by atoms with Gasteiger partial charge in [-0.2, -0.15) is 0 Å². The number of hydrogen-bond donors (Lipinski definition) is 2. The van der Waals surface area contributed by atoms with Crippen molar-refractivity contribution in [3.05, 3.63) is 89.0 Å². The van der Waals surface area contributed by atoms with Gasteiger partial charge >= 0.3 is 0 Å². The highest BCUT2D eigenvalue weighted by Gasteiger charge is 2.16. The van der Waals surface area contributed by atoms with Crippen molar-refractivity contribution in [1.29, 1.82) is 0 Å². The Morgan fingerprint density at radius 3 is 2.23 bits per heavy atom. The average Bonchev–Trinajstić information content (AvgIpc) is 2.75. The highest BCUT2D eigenvalue weighted by Crippen LogP contribution is 2.22. The first-order chi connectivity index (χ1) is 14.3. The van der Waals surface area contributed by atoms with Crippen molar-refractivity contribution in [2.45, 2.75) is 30.2 Å². The summed E-state index contributed by atoms with van der Waals surface area (Å²) in [5, 5.41) is 2.85. The molecular weight excluding hydrogens is 416 g/mol. The van der Waals surface area contributed by atoms with Crippen molar-refractivity contribution < 1.29 is 13.2 Å². The van der Waals surface area contributed by atoms with E-state index in [0.29, 0.717) is 17.8 Å². The lowest BCUT2D eigenvalue weighted by molar-refractivity contribution is 0.0951. The van der Waals surface area contributed by atoms with Gasteiger partial charge in [0.05, 0.1) is 10.6 Å². The fourth-order valence-corrected chi connectivity index (χ4v) is 4.41. The predicted molar refractivity (Wildman–Crippen MR) is 123 cm³/mol. The van der Waals surface area contributed by atoms with Crippen LogP contribution in [-0.2, 0) is 16.6 Å². The molecule has 3 aromatic carbocycles. The van der Waals surface area contributed by atoms with E-state index >= 15 is 0 Å². The fourth-order valence-electron chi connectivity index (χ4n) is 2.88. The number of rotatable bonds is 7. The summed E-state index contributed by atoms with van der Waals surface area (Å²) in [4.78, 5) is 13.7. The molecule has 0 saturated heterocycles. The number of benzene rings is 3. The minimum absolute atomic E-state index is 0.104. The van der Waals surface area contributed by atoms with E-state index in [4.69, 9.17) is 0 Å². The Morgan fingerprint density at radius 1 is 0.933 bits per heavy atom. The Morgan fingerprint density at radius 2 is 1.60 bits per heavy atom. The minimum atomic E-state index is -3.74. The fraction of sp³-hybridized carbons (Fsp3) is 0.174. The van der Waals surface area contributed by atoms with Crippen molar-refractivity contribution >= 4 is 33.4 Å². The third-order valence-corrected chi connectivity index (χ3v) is 7.01. The predicted octanol–water partition coefficient (Wildman–Crippen LogP) is 4.76. The number of anilines is 1. The molecule has 1 amide bonds. The van der Waals surface area contributed by atoms with Crippen LogP contribution in [0.3, 0.4) is 0 Å². The maximum absolute atomic E-state index is 12.7. The van der Waals surface area contributed by atoms with Crippen LogP contribution < -0.4 is 10.0 Å². The van der Waals surface area contributed by atoms with Gasteiger partial charge in [-0.15, -0.1) is 11.8 Å². The van der Waals surface area contributed by atoms with Gasteiger partial charge in [0.15, 0.2) is 0 Å². The van der Waals surface area contributed by atoms with Crippen molar-refractivity contribution in [2.75, 3.05) is 11.0 Å². The van der Waals surface area contributed by atoms with Gasteiger partial charge in [-0.1, -0.05) is 24.3 Å². The molecule has 0 aliphatic rings. The van der Waals surface area contributed by atoms with Gasteiger partial charge in [0.25, 0.3) is 15.9 Å². The van der Waals surface area contributed by atoms with Crippen molar-refractivity contribution in [2.24, 2.45) is 0 Å². The third kappa shape index (κ3) is 5.23. The summed E-state index contributed by atoms with van der Waals surface area (Å²) in [7, 11) is -3.74. The van der Waals surface area contributed by atoms with E-state index in [1.165, 1.54) is 24.3 Å². The lowest BCUT2D eigenvalue weighted by Crippen LogP contribution is -2.23. The molecule has 0 fully saturated rings. The van der Waals surface area contributed by atoms with Gasteiger partial charge in [-0.25, -0.2) is 8.42 Å². The zero-order valence-corrected chi connectivity index (χ0v) is 18.7. The summed E-state index contributed by atoms with van der Waals surface area (Å²) in [6.45, 7) is 4.20. The lowest BCUT2D eigenvalue weighted by atomic mass is 10.1. The van der Waals surface area contributed by atoms with Crippen LogP contribution in [0.1, 0.15) is 27.0 Å². The standard InChI is InChI=1S/C23H24N2O3S2/c1-16-5-4-6-22(17(16)2)25-30(27,28)21-13-9-19(10-14-21)23(26)24-15-18-7-11-20(29-3)12-8-18/h4-14,25H,15H2,1-3H3,(H,24,26). The Hall–Kier alpha value is -2.77. The summed E-state index contributed by atoms with van der Waals surface area (Å²) < 4.78 is 28.0. The Balaban J connectivity index is 1.67. The van der Waals surface area contributed by atoms with Crippen LogP contribution in [0, 0.1) is 13.8 Å². The average molecular weight is 441 g/mol. The Kier molecular flexibility index (Phi) is 6.84. The summed E-state index contributed by atoms with van der Waals surface area (Å²) >= 11 is 1.66. The first kappa shape index (κ1) is 21.9. The molecule has 0 saturated carbocycles. The van der Waals surface area contributed by atoms with E-state index in [9.17, 15) is 13.2 Å². The van der Waals surface area contributed by atoms with E-state index in [1.807, 2.05) is 56.5 Å². The molecule has 5 nitrogen and oxygen atoms in total. The molecule has 0 spiro atoms.